The van der Waals surface area contributed by atoms with E-state index in [2.05, 4.69) is 12.1 Å². The zero-order valence-corrected chi connectivity index (χ0v) is 9.02. The van der Waals surface area contributed by atoms with Gasteiger partial charge in [0.1, 0.15) is 0 Å². The molecular formula is C14H18O. The van der Waals surface area contributed by atoms with Crippen LogP contribution in [0.3, 0.4) is 0 Å². The third-order valence-corrected chi connectivity index (χ3v) is 3.10. The molecule has 0 unspecified atom stereocenters. The second-order valence-electron chi connectivity index (χ2n) is 4.41. The summed E-state index contributed by atoms with van der Waals surface area (Å²) >= 11 is 0. The van der Waals surface area contributed by atoms with Crippen molar-refractivity contribution in [3.05, 3.63) is 42.0 Å². The lowest BCUT2D eigenvalue weighted by Crippen LogP contribution is -2.28. The van der Waals surface area contributed by atoms with Crippen molar-refractivity contribution >= 4 is 6.08 Å². The molecule has 1 nitrogen and oxygen atoms in total. The number of hydrogen-bond acceptors (Lipinski definition) is 1. The van der Waals surface area contributed by atoms with E-state index in [1.807, 2.05) is 30.4 Å². The van der Waals surface area contributed by atoms with Crippen LogP contribution in [-0.4, -0.2) is 10.7 Å². The fourth-order valence-corrected chi connectivity index (χ4v) is 2.15. The van der Waals surface area contributed by atoms with Gasteiger partial charge in [-0.3, -0.25) is 0 Å². The summed E-state index contributed by atoms with van der Waals surface area (Å²) in [5.74, 6) is 0. The monoisotopic (exact) mass is 202 g/mol. The van der Waals surface area contributed by atoms with Crippen LogP contribution in [-0.2, 0) is 0 Å². The van der Waals surface area contributed by atoms with Crippen molar-refractivity contribution in [2.75, 3.05) is 0 Å². The highest BCUT2D eigenvalue weighted by atomic mass is 16.3. The zero-order valence-electron chi connectivity index (χ0n) is 9.02. The van der Waals surface area contributed by atoms with Crippen LogP contribution in [0.25, 0.3) is 6.08 Å². The van der Waals surface area contributed by atoms with Gasteiger partial charge in [0.05, 0.1) is 5.60 Å². The van der Waals surface area contributed by atoms with Crippen molar-refractivity contribution in [1.29, 1.82) is 0 Å². The largest absolute Gasteiger partial charge is 0.386 e. The first-order chi connectivity index (χ1) is 7.29. The second kappa shape index (κ2) is 4.63. The van der Waals surface area contributed by atoms with Gasteiger partial charge in [0.15, 0.2) is 0 Å². The lowest BCUT2D eigenvalue weighted by molar-refractivity contribution is 0.0521. The minimum atomic E-state index is -0.548. The molecule has 1 aromatic rings. The Labute approximate surface area is 91.4 Å². The summed E-state index contributed by atoms with van der Waals surface area (Å²) in [5, 5.41) is 10.2. The van der Waals surface area contributed by atoms with Crippen molar-refractivity contribution in [2.24, 2.45) is 0 Å². The third kappa shape index (κ3) is 2.93. The second-order valence-corrected chi connectivity index (χ2v) is 4.41. The average Bonchev–Trinajstić information content (AvgIpc) is 2.29. The van der Waals surface area contributed by atoms with Crippen molar-refractivity contribution in [3.8, 4) is 0 Å². The van der Waals surface area contributed by atoms with Gasteiger partial charge < -0.3 is 5.11 Å². The Kier molecular flexibility index (Phi) is 3.22. The Bertz CT molecular complexity index is 320. The van der Waals surface area contributed by atoms with Crippen LogP contribution >= 0.6 is 0 Å². The molecule has 1 N–H and O–H groups in total. The van der Waals surface area contributed by atoms with Gasteiger partial charge in [0.25, 0.3) is 0 Å². The Morgan fingerprint density at radius 2 is 1.67 bits per heavy atom. The minimum Gasteiger partial charge on any atom is -0.386 e. The first-order valence-corrected chi connectivity index (χ1v) is 5.75. The molecule has 15 heavy (non-hydrogen) atoms. The van der Waals surface area contributed by atoms with Crippen LogP contribution in [0.1, 0.15) is 37.7 Å². The summed E-state index contributed by atoms with van der Waals surface area (Å²) in [6.07, 6.45) is 9.40. The van der Waals surface area contributed by atoms with Crippen molar-refractivity contribution < 1.29 is 5.11 Å². The summed E-state index contributed by atoms with van der Waals surface area (Å²) < 4.78 is 0. The van der Waals surface area contributed by atoms with E-state index in [0.29, 0.717) is 0 Å². The molecule has 1 aromatic carbocycles. The molecular weight excluding hydrogens is 184 g/mol. The van der Waals surface area contributed by atoms with Gasteiger partial charge >= 0.3 is 0 Å². The average molecular weight is 202 g/mol. The van der Waals surface area contributed by atoms with Crippen LogP contribution < -0.4 is 0 Å². The molecule has 1 saturated carbocycles. The molecule has 1 aliphatic carbocycles. The molecule has 1 heteroatoms. The fourth-order valence-electron chi connectivity index (χ4n) is 2.15. The van der Waals surface area contributed by atoms with Crippen LogP contribution in [0.15, 0.2) is 36.4 Å². The third-order valence-electron chi connectivity index (χ3n) is 3.10. The molecule has 2 rings (SSSR count). The van der Waals surface area contributed by atoms with E-state index in [1.54, 1.807) is 0 Å². The highest BCUT2D eigenvalue weighted by Crippen LogP contribution is 2.29. The standard InChI is InChI=1S/C14H18O/c15-14(10-5-2-6-11-14)12-9-13-7-3-1-4-8-13/h1,3-4,7-9,12,15H,2,5-6,10-11H2. The maximum absolute atomic E-state index is 10.2. The maximum atomic E-state index is 10.2. The number of aliphatic hydroxyl groups is 1. The van der Waals surface area contributed by atoms with E-state index in [9.17, 15) is 5.11 Å². The smallest absolute Gasteiger partial charge is 0.0830 e. The van der Waals surface area contributed by atoms with Gasteiger partial charge in [-0.1, -0.05) is 61.7 Å². The molecule has 0 radical (unpaired) electrons. The van der Waals surface area contributed by atoms with Gasteiger partial charge in [-0.2, -0.15) is 0 Å². The van der Waals surface area contributed by atoms with Gasteiger partial charge in [0.2, 0.25) is 0 Å². The Morgan fingerprint density at radius 1 is 1.00 bits per heavy atom. The summed E-state index contributed by atoms with van der Waals surface area (Å²) in [6, 6.07) is 10.2. The minimum absolute atomic E-state index is 0.548. The normalized spacial score (nSPS) is 20.6. The number of benzene rings is 1. The lowest BCUT2D eigenvalue weighted by Gasteiger charge is -2.28. The molecule has 0 aliphatic heterocycles. The Balaban J connectivity index is 2.04. The van der Waals surface area contributed by atoms with Crippen LogP contribution in [0.5, 0.6) is 0 Å². The van der Waals surface area contributed by atoms with E-state index < -0.39 is 5.60 Å². The fraction of sp³-hybridized carbons (Fsp3) is 0.429. The molecule has 1 fully saturated rings. The first kappa shape index (κ1) is 10.4. The molecule has 80 valence electrons. The van der Waals surface area contributed by atoms with E-state index in [0.717, 1.165) is 31.2 Å². The molecule has 0 spiro atoms. The molecule has 0 aromatic heterocycles. The molecule has 0 heterocycles. The van der Waals surface area contributed by atoms with E-state index in [4.69, 9.17) is 0 Å². The van der Waals surface area contributed by atoms with Crippen molar-refractivity contribution in [1.82, 2.24) is 0 Å². The van der Waals surface area contributed by atoms with Gasteiger partial charge in [-0.05, 0) is 18.4 Å². The van der Waals surface area contributed by atoms with Gasteiger partial charge in [-0.25, -0.2) is 0 Å². The lowest BCUT2D eigenvalue weighted by atomic mass is 9.84. The van der Waals surface area contributed by atoms with E-state index in [1.165, 1.54) is 6.42 Å². The van der Waals surface area contributed by atoms with Crippen molar-refractivity contribution in [3.63, 3.8) is 0 Å². The molecule has 0 saturated heterocycles. The Hall–Kier alpha value is -1.08. The highest BCUT2D eigenvalue weighted by molar-refractivity contribution is 5.50. The summed E-state index contributed by atoms with van der Waals surface area (Å²) in [6.45, 7) is 0. The van der Waals surface area contributed by atoms with Crippen molar-refractivity contribution in [2.45, 2.75) is 37.7 Å². The molecule has 0 atom stereocenters. The van der Waals surface area contributed by atoms with Crippen LogP contribution in [0, 0.1) is 0 Å². The summed E-state index contributed by atoms with van der Waals surface area (Å²) in [7, 11) is 0. The summed E-state index contributed by atoms with van der Waals surface area (Å²) in [4.78, 5) is 0. The maximum Gasteiger partial charge on any atom is 0.0830 e. The topological polar surface area (TPSA) is 20.2 Å². The Morgan fingerprint density at radius 3 is 2.33 bits per heavy atom. The van der Waals surface area contributed by atoms with Gasteiger partial charge in [0, 0.05) is 0 Å². The van der Waals surface area contributed by atoms with E-state index >= 15 is 0 Å². The van der Waals surface area contributed by atoms with E-state index in [-0.39, 0.29) is 0 Å². The van der Waals surface area contributed by atoms with Gasteiger partial charge in [-0.15, -0.1) is 0 Å². The summed E-state index contributed by atoms with van der Waals surface area (Å²) in [5.41, 5.74) is 0.616. The zero-order chi connectivity index (χ0) is 10.6. The highest BCUT2D eigenvalue weighted by Gasteiger charge is 2.25. The predicted molar refractivity (Wildman–Crippen MR) is 63.5 cm³/mol. The number of hydrogen-bond donors (Lipinski definition) is 1. The molecule has 0 bridgehead atoms. The number of rotatable bonds is 2. The molecule has 0 amide bonds. The SMILES string of the molecule is OC1(C=Cc2ccccc2)CCCCC1. The van der Waals surface area contributed by atoms with Crippen LogP contribution in [0.2, 0.25) is 0 Å². The van der Waals surface area contributed by atoms with Crippen LogP contribution in [0.4, 0.5) is 0 Å². The molecule has 1 aliphatic rings. The first-order valence-electron chi connectivity index (χ1n) is 5.75. The quantitative estimate of drug-likeness (QED) is 0.779. The predicted octanol–water partition coefficient (Wildman–Crippen LogP) is 3.40.